The summed E-state index contributed by atoms with van der Waals surface area (Å²) in [5, 5.41) is 12.9. The summed E-state index contributed by atoms with van der Waals surface area (Å²) < 4.78 is 1.83. The van der Waals surface area contributed by atoms with E-state index in [0.717, 1.165) is 28.7 Å². The Balaban J connectivity index is 1.75. The third-order valence-electron chi connectivity index (χ3n) is 3.41. The van der Waals surface area contributed by atoms with Gasteiger partial charge in [0.15, 0.2) is 0 Å². The SMILES string of the molecule is Cc1cccc(C)c1-n1nnnc1SCCc1ccccn1. The van der Waals surface area contributed by atoms with Crippen LogP contribution in [0, 0.1) is 13.8 Å². The summed E-state index contributed by atoms with van der Waals surface area (Å²) in [5.74, 6) is 0.891. The first-order chi connectivity index (χ1) is 10.8. The molecule has 1 aromatic carbocycles. The third kappa shape index (κ3) is 3.17. The second-order valence-corrected chi connectivity index (χ2v) is 6.10. The molecule has 0 fully saturated rings. The van der Waals surface area contributed by atoms with Gasteiger partial charge in [0, 0.05) is 17.6 Å². The maximum absolute atomic E-state index is 4.33. The summed E-state index contributed by atoms with van der Waals surface area (Å²) in [5.41, 5.74) is 4.48. The summed E-state index contributed by atoms with van der Waals surface area (Å²) in [6, 6.07) is 12.2. The number of hydrogen-bond donors (Lipinski definition) is 0. The highest BCUT2D eigenvalue weighted by Gasteiger charge is 2.13. The van der Waals surface area contributed by atoms with E-state index in [1.807, 2.05) is 35.1 Å². The number of tetrazole rings is 1. The Hall–Kier alpha value is -2.21. The topological polar surface area (TPSA) is 56.5 Å². The molecule has 0 radical (unpaired) electrons. The van der Waals surface area contributed by atoms with E-state index in [1.165, 1.54) is 11.1 Å². The zero-order valence-electron chi connectivity index (χ0n) is 12.6. The zero-order valence-corrected chi connectivity index (χ0v) is 13.4. The average molecular weight is 311 g/mol. The van der Waals surface area contributed by atoms with Crippen LogP contribution < -0.4 is 0 Å². The maximum Gasteiger partial charge on any atom is 0.214 e. The number of aryl methyl sites for hydroxylation is 3. The Morgan fingerprint density at radius 3 is 2.59 bits per heavy atom. The number of nitrogens with zero attached hydrogens (tertiary/aromatic N) is 5. The lowest BCUT2D eigenvalue weighted by Gasteiger charge is -2.10. The lowest BCUT2D eigenvalue weighted by molar-refractivity contribution is 0.747. The van der Waals surface area contributed by atoms with E-state index in [9.17, 15) is 0 Å². The van der Waals surface area contributed by atoms with Gasteiger partial charge in [-0.25, -0.2) is 0 Å². The molecule has 2 heterocycles. The van der Waals surface area contributed by atoms with Crippen molar-refractivity contribution in [3.8, 4) is 5.69 Å². The third-order valence-corrected chi connectivity index (χ3v) is 4.33. The fraction of sp³-hybridized carbons (Fsp3) is 0.250. The monoisotopic (exact) mass is 311 g/mol. The van der Waals surface area contributed by atoms with E-state index in [-0.39, 0.29) is 0 Å². The van der Waals surface area contributed by atoms with Crippen LogP contribution >= 0.6 is 11.8 Å². The Morgan fingerprint density at radius 2 is 1.86 bits per heavy atom. The molecule has 6 heteroatoms. The molecule has 0 N–H and O–H groups in total. The van der Waals surface area contributed by atoms with Gasteiger partial charge in [-0.05, 0) is 54.0 Å². The van der Waals surface area contributed by atoms with E-state index in [0.29, 0.717) is 0 Å². The number of benzene rings is 1. The molecule has 0 spiro atoms. The minimum atomic E-state index is 0.813. The molecular weight excluding hydrogens is 294 g/mol. The number of para-hydroxylation sites is 1. The summed E-state index contributed by atoms with van der Waals surface area (Å²) in [6.07, 6.45) is 2.71. The van der Waals surface area contributed by atoms with Crippen LogP contribution in [0.3, 0.4) is 0 Å². The van der Waals surface area contributed by atoms with Gasteiger partial charge in [-0.2, -0.15) is 4.68 Å². The van der Waals surface area contributed by atoms with Gasteiger partial charge in [-0.15, -0.1) is 5.10 Å². The number of aromatic nitrogens is 5. The first-order valence-electron chi connectivity index (χ1n) is 7.13. The fourth-order valence-electron chi connectivity index (χ4n) is 2.34. The highest BCUT2D eigenvalue weighted by atomic mass is 32.2. The molecule has 0 saturated carbocycles. The van der Waals surface area contributed by atoms with Crippen LogP contribution in [0.15, 0.2) is 47.8 Å². The van der Waals surface area contributed by atoms with Crippen molar-refractivity contribution in [1.29, 1.82) is 0 Å². The molecule has 0 amide bonds. The summed E-state index contributed by atoms with van der Waals surface area (Å²) in [7, 11) is 0. The lowest BCUT2D eigenvalue weighted by Crippen LogP contribution is -2.04. The largest absolute Gasteiger partial charge is 0.261 e. The van der Waals surface area contributed by atoms with E-state index in [4.69, 9.17) is 0 Å². The van der Waals surface area contributed by atoms with Gasteiger partial charge in [-0.3, -0.25) is 4.98 Å². The molecule has 0 aliphatic heterocycles. The number of pyridine rings is 1. The van der Waals surface area contributed by atoms with Crippen LogP contribution in [-0.2, 0) is 6.42 Å². The van der Waals surface area contributed by atoms with Gasteiger partial charge in [-0.1, -0.05) is 36.0 Å². The summed E-state index contributed by atoms with van der Waals surface area (Å²) in [4.78, 5) is 4.33. The van der Waals surface area contributed by atoms with Gasteiger partial charge < -0.3 is 0 Å². The van der Waals surface area contributed by atoms with Gasteiger partial charge in [0.1, 0.15) is 0 Å². The van der Waals surface area contributed by atoms with E-state index in [2.05, 4.69) is 46.5 Å². The smallest absolute Gasteiger partial charge is 0.214 e. The second-order valence-electron chi connectivity index (χ2n) is 5.03. The first kappa shape index (κ1) is 14.7. The molecule has 3 rings (SSSR count). The standard InChI is InChI=1S/C16H17N5S/c1-12-6-5-7-13(2)15(12)21-16(18-19-20-21)22-11-9-14-8-3-4-10-17-14/h3-8,10H,9,11H2,1-2H3. The summed E-state index contributed by atoms with van der Waals surface area (Å²) in [6.45, 7) is 4.15. The number of hydrogen-bond acceptors (Lipinski definition) is 5. The minimum Gasteiger partial charge on any atom is -0.261 e. The van der Waals surface area contributed by atoms with Crippen LogP contribution in [0.1, 0.15) is 16.8 Å². The molecule has 2 aromatic heterocycles. The highest BCUT2D eigenvalue weighted by Crippen LogP contribution is 2.23. The predicted molar refractivity (Wildman–Crippen MR) is 87.3 cm³/mol. The van der Waals surface area contributed by atoms with Gasteiger partial charge >= 0.3 is 0 Å². The van der Waals surface area contributed by atoms with Gasteiger partial charge in [0.05, 0.1) is 5.69 Å². The minimum absolute atomic E-state index is 0.813. The molecule has 0 atom stereocenters. The molecule has 0 unspecified atom stereocenters. The van der Waals surface area contributed by atoms with Crippen molar-refractivity contribution < 1.29 is 0 Å². The fourth-order valence-corrected chi connectivity index (χ4v) is 3.18. The van der Waals surface area contributed by atoms with Crippen molar-refractivity contribution in [2.24, 2.45) is 0 Å². The molecule has 0 bridgehead atoms. The number of rotatable bonds is 5. The van der Waals surface area contributed by atoms with Crippen LogP contribution in [0.4, 0.5) is 0 Å². The van der Waals surface area contributed by atoms with Crippen LogP contribution in [0.5, 0.6) is 0 Å². The van der Waals surface area contributed by atoms with Crippen LogP contribution in [0.2, 0.25) is 0 Å². The maximum atomic E-state index is 4.33. The Labute approximate surface area is 133 Å². The van der Waals surface area contributed by atoms with Gasteiger partial charge in [0.2, 0.25) is 5.16 Å². The number of thioether (sulfide) groups is 1. The average Bonchev–Trinajstić information content (AvgIpc) is 2.96. The molecule has 0 saturated heterocycles. The molecule has 0 aliphatic carbocycles. The lowest BCUT2D eigenvalue weighted by atomic mass is 10.1. The molecular formula is C16H17N5S. The van der Waals surface area contributed by atoms with Crippen molar-refractivity contribution in [3.05, 3.63) is 59.4 Å². The molecule has 0 aliphatic rings. The van der Waals surface area contributed by atoms with Crippen LogP contribution in [-0.4, -0.2) is 30.9 Å². The van der Waals surface area contributed by atoms with Gasteiger partial charge in [0.25, 0.3) is 0 Å². The van der Waals surface area contributed by atoms with E-state index in [1.54, 1.807) is 11.8 Å². The van der Waals surface area contributed by atoms with Crippen molar-refractivity contribution in [1.82, 2.24) is 25.2 Å². The first-order valence-corrected chi connectivity index (χ1v) is 8.12. The molecule has 112 valence electrons. The molecule has 5 nitrogen and oxygen atoms in total. The summed E-state index contributed by atoms with van der Waals surface area (Å²) >= 11 is 1.65. The molecule has 3 aromatic rings. The van der Waals surface area contributed by atoms with E-state index >= 15 is 0 Å². The Bertz CT molecular complexity index is 734. The quantitative estimate of drug-likeness (QED) is 0.678. The normalized spacial score (nSPS) is 10.8. The zero-order chi connectivity index (χ0) is 15.4. The molecule has 22 heavy (non-hydrogen) atoms. The highest BCUT2D eigenvalue weighted by molar-refractivity contribution is 7.99. The Morgan fingerprint density at radius 1 is 1.05 bits per heavy atom. The van der Waals surface area contributed by atoms with Crippen molar-refractivity contribution in [2.45, 2.75) is 25.4 Å². The van der Waals surface area contributed by atoms with E-state index < -0.39 is 0 Å². The second kappa shape index (κ2) is 6.70. The predicted octanol–water partition coefficient (Wildman–Crippen LogP) is 3.01. The van der Waals surface area contributed by atoms with Crippen molar-refractivity contribution in [3.63, 3.8) is 0 Å². The van der Waals surface area contributed by atoms with Crippen molar-refractivity contribution in [2.75, 3.05) is 5.75 Å². The van der Waals surface area contributed by atoms with Crippen LogP contribution in [0.25, 0.3) is 5.69 Å². The Kier molecular flexibility index (Phi) is 4.48. The van der Waals surface area contributed by atoms with Crippen molar-refractivity contribution >= 4 is 11.8 Å².